The Kier molecular flexibility index (Phi) is 4.53. The van der Waals surface area contributed by atoms with E-state index in [4.69, 9.17) is 23.2 Å². The Morgan fingerprint density at radius 1 is 0.933 bits per heavy atom. The van der Waals surface area contributed by atoms with Gasteiger partial charge in [-0.25, -0.2) is 0 Å². The predicted molar refractivity (Wildman–Crippen MR) is 57.5 cm³/mol. The maximum atomic E-state index is 5.99. The summed E-state index contributed by atoms with van der Waals surface area (Å²) >= 11 is 11.9. The number of aromatic nitrogens is 2. The second kappa shape index (κ2) is 5.46. The van der Waals surface area contributed by atoms with Gasteiger partial charge in [-0.05, 0) is 18.2 Å². The molecular formula is C10H6Cl2N2Ni+2. The largest absolute Gasteiger partial charge is 2.00 e. The normalized spacial score (nSPS) is 9.47. The Labute approximate surface area is 108 Å². The number of hydrogen-bond acceptors (Lipinski definition) is 2. The summed E-state index contributed by atoms with van der Waals surface area (Å²) < 4.78 is 0. The van der Waals surface area contributed by atoms with Crippen LogP contribution in [0.2, 0.25) is 10.0 Å². The van der Waals surface area contributed by atoms with E-state index in [2.05, 4.69) is 9.97 Å². The molecular weight excluding hydrogens is 278 g/mol. The molecule has 78 valence electrons. The van der Waals surface area contributed by atoms with Crippen molar-refractivity contribution in [2.45, 2.75) is 0 Å². The molecule has 0 saturated heterocycles. The molecule has 0 aliphatic carbocycles. The van der Waals surface area contributed by atoms with E-state index in [-0.39, 0.29) is 16.5 Å². The average molecular weight is 284 g/mol. The van der Waals surface area contributed by atoms with E-state index in [1.807, 2.05) is 18.2 Å². The van der Waals surface area contributed by atoms with E-state index < -0.39 is 0 Å². The minimum absolute atomic E-state index is 0. The van der Waals surface area contributed by atoms with Crippen LogP contribution in [0.3, 0.4) is 0 Å². The molecule has 2 aromatic heterocycles. The summed E-state index contributed by atoms with van der Waals surface area (Å²) in [4.78, 5) is 8.28. The molecule has 0 bridgehead atoms. The fourth-order valence-electron chi connectivity index (χ4n) is 1.10. The molecule has 0 aliphatic rings. The monoisotopic (exact) mass is 282 g/mol. The van der Waals surface area contributed by atoms with Gasteiger partial charge in [0.05, 0.1) is 15.7 Å². The van der Waals surface area contributed by atoms with Gasteiger partial charge in [0.15, 0.2) is 0 Å². The molecule has 0 atom stereocenters. The predicted octanol–water partition coefficient (Wildman–Crippen LogP) is 3.45. The molecule has 2 aromatic rings. The van der Waals surface area contributed by atoms with Crippen LogP contribution >= 0.6 is 23.2 Å². The minimum Gasteiger partial charge on any atom is -0.255 e. The van der Waals surface area contributed by atoms with Crippen LogP contribution in [0.5, 0.6) is 0 Å². The van der Waals surface area contributed by atoms with Gasteiger partial charge in [-0.3, -0.25) is 9.97 Å². The first-order valence-electron chi connectivity index (χ1n) is 4.00. The Balaban J connectivity index is 0.00000112. The first-order chi connectivity index (χ1) is 6.79. The van der Waals surface area contributed by atoms with Crippen LogP contribution in [0, 0.1) is 0 Å². The molecule has 0 fully saturated rings. The van der Waals surface area contributed by atoms with Crippen molar-refractivity contribution in [1.82, 2.24) is 9.97 Å². The van der Waals surface area contributed by atoms with E-state index >= 15 is 0 Å². The zero-order chi connectivity index (χ0) is 9.97. The van der Waals surface area contributed by atoms with Crippen molar-refractivity contribution in [3.05, 3.63) is 46.7 Å². The average Bonchev–Trinajstić information content (AvgIpc) is 2.23. The van der Waals surface area contributed by atoms with Crippen LogP contribution in [-0.4, -0.2) is 9.97 Å². The zero-order valence-electron chi connectivity index (χ0n) is 7.43. The molecule has 2 heterocycles. The van der Waals surface area contributed by atoms with Crippen LogP contribution in [0.15, 0.2) is 36.7 Å². The van der Waals surface area contributed by atoms with Crippen molar-refractivity contribution >= 4 is 23.2 Å². The van der Waals surface area contributed by atoms with Gasteiger partial charge in [0.25, 0.3) is 0 Å². The molecule has 0 amide bonds. The smallest absolute Gasteiger partial charge is 0.255 e. The molecule has 15 heavy (non-hydrogen) atoms. The standard InChI is InChI=1S/C10H6Cl2N2.Ni/c11-7-4-6-14-10(9(7)12)8-3-1-2-5-13-8;/h1-6H;/q;+2. The molecule has 0 radical (unpaired) electrons. The van der Waals surface area contributed by atoms with Gasteiger partial charge in [-0.1, -0.05) is 29.3 Å². The van der Waals surface area contributed by atoms with E-state index in [0.717, 1.165) is 5.69 Å². The van der Waals surface area contributed by atoms with Crippen LogP contribution in [0.1, 0.15) is 0 Å². The number of hydrogen-bond donors (Lipinski definition) is 0. The summed E-state index contributed by atoms with van der Waals surface area (Å²) in [6.07, 6.45) is 3.30. The summed E-state index contributed by atoms with van der Waals surface area (Å²) in [6, 6.07) is 7.20. The number of rotatable bonds is 1. The van der Waals surface area contributed by atoms with Crippen LogP contribution in [-0.2, 0) is 16.5 Å². The van der Waals surface area contributed by atoms with Gasteiger partial charge >= 0.3 is 16.5 Å². The molecule has 0 unspecified atom stereocenters. The number of halogens is 2. The fraction of sp³-hybridized carbons (Fsp3) is 0. The molecule has 0 spiro atoms. The van der Waals surface area contributed by atoms with Gasteiger partial charge in [-0.2, -0.15) is 0 Å². The summed E-state index contributed by atoms with van der Waals surface area (Å²) in [6.45, 7) is 0. The first kappa shape index (κ1) is 12.4. The van der Waals surface area contributed by atoms with Crippen LogP contribution < -0.4 is 0 Å². The van der Waals surface area contributed by atoms with Crippen molar-refractivity contribution in [2.24, 2.45) is 0 Å². The molecule has 2 nitrogen and oxygen atoms in total. The second-order valence-electron chi connectivity index (χ2n) is 2.67. The van der Waals surface area contributed by atoms with Crippen molar-refractivity contribution in [3.63, 3.8) is 0 Å². The Hall–Kier alpha value is -0.626. The maximum absolute atomic E-state index is 5.99. The zero-order valence-corrected chi connectivity index (χ0v) is 9.93. The molecule has 0 aromatic carbocycles. The third-order valence-electron chi connectivity index (χ3n) is 1.75. The second-order valence-corrected chi connectivity index (χ2v) is 3.46. The Bertz CT molecular complexity index is 448. The third kappa shape index (κ3) is 2.69. The van der Waals surface area contributed by atoms with Crippen molar-refractivity contribution in [2.75, 3.05) is 0 Å². The van der Waals surface area contributed by atoms with Gasteiger partial charge < -0.3 is 0 Å². The first-order valence-corrected chi connectivity index (χ1v) is 4.76. The van der Waals surface area contributed by atoms with E-state index in [1.54, 1.807) is 18.5 Å². The number of pyridine rings is 2. The third-order valence-corrected chi connectivity index (χ3v) is 2.54. The summed E-state index contributed by atoms with van der Waals surface area (Å²) in [7, 11) is 0. The maximum Gasteiger partial charge on any atom is 2.00 e. The summed E-state index contributed by atoms with van der Waals surface area (Å²) in [5, 5.41) is 0.926. The van der Waals surface area contributed by atoms with Crippen molar-refractivity contribution in [1.29, 1.82) is 0 Å². The Morgan fingerprint density at radius 2 is 1.73 bits per heavy atom. The SMILES string of the molecule is Clc1ccnc(-c2ccccn2)c1Cl.[Ni+2]. The fourth-order valence-corrected chi connectivity index (χ4v) is 1.46. The van der Waals surface area contributed by atoms with Gasteiger partial charge in [0.1, 0.15) is 5.69 Å². The summed E-state index contributed by atoms with van der Waals surface area (Å²) in [5.74, 6) is 0. The molecule has 2 rings (SSSR count). The van der Waals surface area contributed by atoms with Crippen LogP contribution in [0.4, 0.5) is 0 Å². The molecule has 0 N–H and O–H groups in total. The van der Waals surface area contributed by atoms with Crippen LogP contribution in [0.25, 0.3) is 11.4 Å². The minimum atomic E-state index is 0. The van der Waals surface area contributed by atoms with E-state index in [9.17, 15) is 0 Å². The Morgan fingerprint density at radius 3 is 2.40 bits per heavy atom. The quantitative estimate of drug-likeness (QED) is 0.749. The van der Waals surface area contributed by atoms with Gasteiger partial charge in [0.2, 0.25) is 0 Å². The topological polar surface area (TPSA) is 25.8 Å². The molecule has 5 heteroatoms. The van der Waals surface area contributed by atoms with Crippen molar-refractivity contribution < 1.29 is 16.5 Å². The van der Waals surface area contributed by atoms with Gasteiger partial charge in [-0.15, -0.1) is 0 Å². The molecule has 0 aliphatic heterocycles. The van der Waals surface area contributed by atoms with E-state index in [1.165, 1.54) is 0 Å². The van der Waals surface area contributed by atoms with E-state index in [0.29, 0.717) is 15.7 Å². The van der Waals surface area contributed by atoms with Gasteiger partial charge in [0, 0.05) is 12.4 Å². The molecule has 0 saturated carbocycles. The number of nitrogens with zero attached hydrogens (tertiary/aromatic N) is 2. The van der Waals surface area contributed by atoms with Crippen molar-refractivity contribution in [3.8, 4) is 11.4 Å². The summed E-state index contributed by atoms with van der Waals surface area (Å²) in [5.41, 5.74) is 1.33.